The molecule has 0 aliphatic carbocycles. The summed E-state index contributed by atoms with van der Waals surface area (Å²) in [6.07, 6.45) is 0.804. The number of piperazine rings is 1. The van der Waals surface area contributed by atoms with E-state index in [4.69, 9.17) is 14.2 Å². The van der Waals surface area contributed by atoms with Gasteiger partial charge in [-0.2, -0.15) is 0 Å². The Labute approximate surface area is 160 Å². The zero-order valence-electron chi connectivity index (χ0n) is 16.1. The summed E-state index contributed by atoms with van der Waals surface area (Å²) in [4.78, 5) is 28.0. The van der Waals surface area contributed by atoms with Gasteiger partial charge >= 0.3 is 0 Å². The van der Waals surface area contributed by atoms with E-state index >= 15 is 0 Å². The molecule has 0 aromatic heterocycles. The van der Waals surface area contributed by atoms with Crippen LogP contribution in [0.25, 0.3) is 0 Å². The lowest BCUT2D eigenvalue weighted by molar-refractivity contribution is -0.135. The Balaban J connectivity index is 1.64. The Morgan fingerprint density at radius 2 is 1.70 bits per heavy atom. The van der Waals surface area contributed by atoms with Crippen LogP contribution < -0.4 is 14.8 Å². The van der Waals surface area contributed by atoms with Crippen molar-refractivity contribution in [1.82, 2.24) is 15.1 Å². The van der Waals surface area contributed by atoms with Crippen LogP contribution in [0.3, 0.4) is 0 Å². The van der Waals surface area contributed by atoms with Crippen molar-refractivity contribution in [3.05, 3.63) is 24.3 Å². The average molecular weight is 379 g/mol. The second kappa shape index (κ2) is 11.4. The summed E-state index contributed by atoms with van der Waals surface area (Å²) in [6, 6.07) is 7.13. The van der Waals surface area contributed by atoms with Crippen molar-refractivity contribution in [2.24, 2.45) is 0 Å². The minimum Gasteiger partial charge on any atom is -0.497 e. The molecule has 2 amide bonds. The molecule has 8 nitrogen and oxygen atoms in total. The predicted molar refractivity (Wildman–Crippen MR) is 101 cm³/mol. The van der Waals surface area contributed by atoms with Gasteiger partial charge in [0.25, 0.3) is 5.91 Å². The molecular formula is C19H29N3O5. The highest BCUT2D eigenvalue weighted by Crippen LogP contribution is 2.17. The largest absolute Gasteiger partial charge is 0.497 e. The lowest BCUT2D eigenvalue weighted by Crippen LogP contribution is -2.52. The molecule has 1 aromatic rings. The minimum absolute atomic E-state index is 0.00626. The number of methoxy groups -OCH3 is 2. The highest BCUT2D eigenvalue weighted by molar-refractivity contribution is 5.79. The summed E-state index contributed by atoms with van der Waals surface area (Å²) in [6.45, 7) is 4.18. The number of hydrogen-bond acceptors (Lipinski definition) is 6. The van der Waals surface area contributed by atoms with Gasteiger partial charge in [-0.3, -0.25) is 14.5 Å². The third-order valence-electron chi connectivity index (χ3n) is 4.36. The van der Waals surface area contributed by atoms with Gasteiger partial charge in [-0.1, -0.05) is 0 Å². The van der Waals surface area contributed by atoms with E-state index in [1.165, 1.54) is 0 Å². The molecule has 1 aliphatic rings. The van der Waals surface area contributed by atoms with Crippen molar-refractivity contribution in [1.29, 1.82) is 0 Å². The monoisotopic (exact) mass is 379 g/mol. The highest BCUT2D eigenvalue weighted by Gasteiger charge is 2.22. The number of benzene rings is 1. The van der Waals surface area contributed by atoms with Crippen LogP contribution in [0.4, 0.5) is 0 Å². The van der Waals surface area contributed by atoms with Crippen molar-refractivity contribution in [2.45, 2.75) is 6.42 Å². The van der Waals surface area contributed by atoms with E-state index in [9.17, 15) is 9.59 Å². The van der Waals surface area contributed by atoms with E-state index in [0.717, 1.165) is 12.2 Å². The van der Waals surface area contributed by atoms with E-state index in [1.807, 2.05) is 0 Å². The van der Waals surface area contributed by atoms with Crippen molar-refractivity contribution in [2.75, 3.05) is 66.7 Å². The van der Waals surface area contributed by atoms with E-state index in [-0.39, 0.29) is 18.4 Å². The van der Waals surface area contributed by atoms with Gasteiger partial charge in [0.2, 0.25) is 5.91 Å². The molecule has 150 valence electrons. The molecule has 27 heavy (non-hydrogen) atoms. The molecule has 1 aliphatic heterocycles. The van der Waals surface area contributed by atoms with Crippen LogP contribution in [0.5, 0.6) is 11.5 Å². The molecule has 0 spiro atoms. The molecule has 1 fully saturated rings. The predicted octanol–water partition coefficient (Wildman–Crippen LogP) is 0.371. The number of rotatable bonds is 10. The molecule has 1 heterocycles. The number of amides is 2. The molecule has 0 radical (unpaired) electrons. The molecule has 0 atom stereocenters. The fourth-order valence-corrected chi connectivity index (χ4v) is 2.77. The van der Waals surface area contributed by atoms with Crippen LogP contribution in [-0.2, 0) is 14.3 Å². The first-order chi connectivity index (χ1) is 13.1. The fraction of sp³-hybridized carbons (Fsp3) is 0.579. The number of carbonyl (C=O) groups excluding carboxylic acids is 2. The molecule has 0 unspecified atom stereocenters. The first-order valence-electron chi connectivity index (χ1n) is 9.15. The summed E-state index contributed by atoms with van der Waals surface area (Å²) >= 11 is 0. The first kappa shape index (κ1) is 21.0. The average Bonchev–Trinajstić information content (AvgIpc) is 2.70. The highest BCUT2D eigenvalue weighted by atomic mass is 16.5. The van der Waals surface area contributed by atoms with Gasteiger partial charge in [0.15, 0.2) is 6.61 Å². The maximum absolute atomic E-state index is 12.3. The van der Waals surface area contributed by atoms with Gasteiger partial charge in [-0.15, -0.1) is 0 Å². The van der Waals surface area contributed by atoms with Gasteiger partial charge in [0, 0.05) is 46.4 Å². The Morgan fingerprint density at radius 1 is 1.04 bits per heavy atom. The molecule has 0 saturated carbocycles. The van der Waals surface area contributed by atoms with Crippen LogP contribution >= 0.6 is 0 Å². The van der Waals surface area contributed by atoms with Crippen molar-refractivity contribution < 1.29 is 23.8 Å². The maximum atomic E-state index is 12.3. The third kappa shape index (κ3) is 7.44. The van der Waals surface area contributed by atoms with Gasteiger partial charge in [0.05, 0.1) is 13.7 Å². The summed E-state index contributed by atoms with van der Waals surface area (Å²) in [5.74, 6) is 1.34. The quantitative estimate of drug-likeness (QED) is 0.592. The SMILES string of the molecule is COCCCNC(=O)CN1CCN(C(=O)COc2ccc(OC)cc2)CC1. The Hall–Kier alpha value is -2.32. The molecule has 2 rings (SSSR count). The molecule has 8 heteroatoms. The van der Waals surface area contributed by atoms with Crippen LogP contribution in [0.2, 0.25) is 0 Å². The zero-order chi connectivity index (χ0) is 19.5. The Kier molecular flexibility index (Phi) is 8.86. The van der Waals surface area contributed by atoms with Gasteiger partial charge < -0.3 is 24.4 Å². The summed E-state index contributed by atoms with van der Waals surface area (Å²) in [5, 5.41) is 2.88. The van der Waals surface area contributed by atoms with Crippen LogP contribution in [0.1, 0.15) is 6.42 Å². The van der Waals surface area contributed by atoms with E-state index in [0.29, 0.717) is 51.6 Å². The number of carbonyl (C=O) groups is 2. The smallest absolute Gasteiger partial charge is 0.260 e. The second-order valence-corrected chi connectivity index (χ2v) is 6.32. The summed E-state index contributed by atoms with van der Waals surface area (Å²) in [5.41, 5.74) is 0. The standard InChI is InChI=1S/C19H29N3O5/c1-25-13-3-8-20-18(23)14-21-9-11-22(12-10-21)19(24)15-27-17-6-4-16(26-2)5-7-17/h4-7H,3,8-15H2,1-2H3,(H,20,23). The van der Waals surface area contributed by atoms with E-state index in [2.05, 4.69) is 10.2 Å². The normalized spacial score (nSPS) is 14.7. The van der Waals surface area contributed by atoms with E-state index in [1.54, 1.807) is 43.4 Å². The maximum Gasteiger partial charge on any atom is 0.260 e. The van der Waals surface area contributed by atoms with Gasteiger partial charge in [-0.05, 0) is 30.7 Å². The minimum atomic E-state index is -0.0468. The van der Waals surface area contributed by atoms with Crippen LogP contribution in [-0.4, -0.2) is 88.3 Å². The summed E-state index contributed by atoms with van der Waals surface area (Å²) in [7, 11) is 3.24. The molecule has 1 aromatic carbocycles. The first-order valence-corrected chi connectivity index (χ1v) is 9.15. The lowest BCUT2D eigenvalue weighted by Gasteiger charge is -2.34. The second-order valence-electron chi connectivity index (χ2n) is 6.32. The van der Waals surface area contributed by atoms with Crippen LogP contribution in [0.15, 0.2) is 24.3 Å². The summed E-state index contributed by atoms with van der Waals surface area (Å²) < 4.78 is 15.6. The fourth-order valence-electron chi connectivity index (χ4n) is 2.77. The van der Waals surface area contributed by atoms with Crippen molar-refractivity contribution >= 4 is 11.8 Å². The third-order valence-corrected chi connectivity index (χ3v) is 4.36. The Bertz CT molecular complexity index is 586. The van der Waals surface area contributed by atoms with Crippen molar-refractivity contribution in [3.8, 4) is 11.5 Å². The van der Waals surface area contributed by atoms with Crippen molar-refractivity contribution in [3.63, 3.8) is 0 Å². The number of ether oxygens (including phenoxy) is 3. The number of nitrogens with zero attached hydrogens (tertiary/aromatic N) is 2. The molecule has 1 saturated heterocycles. The van der Waals surface area contributed by atoms with E-state index < -0.39 is 0 Å². The van der Waals surface area contributed by atoms with Crippen LogP contribution in [0, 0.1) is 0 Å². The lowest BCUT2D eigenvalue weighted by atomic mass is 10.3. The Morgan fingerprint density at radius 3 is 2.33 bits per heavy atom. The molecular weight excluding hydrogens is 350 g/mol. The van der Waals surface area contributed by atoms with Gasteiger partial charge in [0.1, 0.15) is 11.5 Å². The number of nitrogens with one attached hydrogen (secondary N) is 1. The zero-order valence-corrected chi connectivity index (χ0v) is 16.1. The molecule has 0 bridgehead atoms. The molecule has 1 N–H and O–H groups in total. The topological polar surface area (TPSA) is 80.3 Å². The van der Waals surface area contributed by atoms with Gasteiger partial charge in [-0.25, -0.2) is 0 Å². The number of hydrogen-bond donors (Lipinski definition) is 1.